The summed E-state index contributed by atoms with van der Waals surface area (Å²) in [6, 6.07) is 1.77. The van der Waals surface area contributed by atoms with Gasteiger partial charge in [0.05, 0.1) is 0 Å². The van der Waals surface area contributed by atoms with Crippen molar-refractivity contribution in [1.29, 1.82) is 0 Å². The van der Waals surface area contributed by atoms with Gasteiger partial charge < -0.3 is 10.4 Å². The average Bonchev–Trinajstić information content (AvgIpc) is 2.04. The Morgan fingerprint density at radius 3 is 2.54 bits per heavy atom. The minimum Gasteiger partial charge on any atom is -0.396 e. The molecule has 72 valence electrons. The van der Waals surface area contributed by atoms with Gasteiger partial charge in [-0.15, -0.1) is 0 Å². The SMILES string of the molecule is CC(C)(CCO)Nc1ncccn1. The van der Waals surface area contributed by atoms with Crippen molar-refractivity contribution in [3.8, 4) is 0 Å². The molecule has 0 saturated carbocycles. The summed E-state index contributed by atoms with van der Waals surface area (Å²) in [5, 5.41) is 11.9. The van der Waals surface area contributed by atoms with Crippen LogP contribution in [0.1, 0.15) is 20.3 Å². The Bertz CT molecular complexity index is 248. The van der Waals surface area contributed by atoms with Crippen molar-refractivity contribution >= 4 is 5.95 Å². The summed E-state index contributed by atoms with van der Waals surface area (Å²) in [6.45, 7) is 4.16. The summed E-state index contributed by atoms with van der Waals surface area (Å²) in [5.74, 6) is 0.598. The van der Waals surface area contributed by atoms with Gasteiger partial charge in [-0.05, 0) is 26.3 Å². The second-order valence-electron chi connectivity index (χ2n) is 3.55. The molecule has 0 aromatic carbocycles. The third-order valence-electron chi connectivity index (χ3n) is 1.75. The van der Waals surface area contributed by atoms with Gasteiger partial charge in [-0.3, -0.25) is 0 Å². The largest absolute Gasteiger partial charge is 0.396 e. The minimum absolute atomic E-state index is 0.160. The van der Waals surface area contributed by atoms with Gasteiger partial charge in [0.2, 0.25) is 5.95 Å². The Morgan fingerprint density at radius 2 is 2.00 bits per heavy atom. The number of anilines is 1. The van der Waals surface area contributed by atoms with Crippen molar-refractivity contribution in [2.45, 2.75) is 25.8 Å². The van der Waals surface area contributed by atoms with Gasteiger partial charge in [-0.1, -0.05) is 0 Å². The average molecular weight is 181 g/mol. The van der Waals surface area contributed by atoms with Crippen LogP contribution in [0.2, 0.25) is 0 Å². The Labute approximate surface area is 78.0 Å². The molecule has 0 saturated heterocycles. The van der Waals surface area contributed by atoms with Crippen LogP contribution in [0.25, 0.3) is 0 Å². The number of hydrogen-bond acceptors (Lipinski definition) is 4. The summed E-state index contributed by atoms with van der Waals surface area (Å²) in [7, 11) is 0. The van der Waals surface area contributed by atoms with E-state index in [1.54, 1.807) is 18.5 Å². The zero-order valence-electron chi connectivity index (χ0n) is 7.99. The van der Waals surface area contributed by atoms with Crippen molar-refractivity contribution in [2.24, 2.45) is 0 Å². The maximum Gasteiger partial charge on any atom is 0.222 e. The first-order valence-corrected chi connectivity index (χ1v) is 4.30. The number of nitrogens with zero attached hydrogens (tertiary/aromatic N) is 2. The lowest BCUT2D eigenvalue weighted by molar-refractivity contribution is 0.260. The zero-order valence-corrected chi connectivity index (χ0v) is 7.99. The fourth-order valence-corrected chi connectivity index (χ4v) is 1.01. The monoisotopic (exact) mass is 181 g/mol. The van der Waals surface area contributed by atoms with Crippen molar-refractivity contribution < 1.29 is 5.11 Å². The third-order valence-corrected chi connectivity index (χ3v) is 1.75. The van der Waals surface area contributed by atoms with Gasteiger partial charge in [-0.25, -0.2) is 9.97 Å². The number of nitrogens with one attached hydrogen (secondary N) is 1. The fraction of sp³-hybridized carbons (Fsp3) is 0.556. The molecule has 13 heavy (non-hydrogen) atoms. The van der Waals surface area contributed by atoms with Crippen molar-refractivity contribution in [1.82, 2.24) is 9.97 Å². The number of rotatable bonds is 4. The van der Waals surface area contributed by atoms with Crippen LogP contribution in [0.4, 0.5) is 5.95 Å². The van der Waals surface area contributed by atoms with E-state index >= 15 is 0 Å². The van der Waals surface area contributed by atoms with Gasteiger partial charge in [0.1, 0.15) is 0 Å². The molecule has 0 amide bonds. The molecule has 1 aromatic heterocycles. The van der Waals surface area contributed by atoms with Crippen LogP contribution >= 0.6 is 0 Å². The number of aromatic nitrogens is 2. The Kier molecular flexibility index (Phi) is 3.19. The summed E-state index contributed by atoms with van der Waals surface area (Å²) < 4.78 is 0. The maximum absolute atomic E-state index is 8.80. The molecule has 0 unspecified atom stereocenters. The molecule has 1 aromatic rings. The van der Waals surface area contributed by atoms with E-state index in [1.165, 1.54) is 0 Å². The quantitative estimate of drug-likeness (QED) is 0.729. The van der Waals surface area contributed by atoms with Crippen LogP contribution in [0.3, 0.4) is 0 Å². The smallest absolute Gasteiger partial charge is 0.222 e. The molecule has 0 bridgehead atoms. The Hall–Kier alpha value is -1.16. The predicted octanol–water partition coefficient (Wildman–Crippen LogP) is 1.05. The highest BCUT2D eigenvalue weighted by atomic mass is 16.3. The lowest BCUT2D eigenvalue weighted by Crippen LogP contribution is -2.32. The molecule has 0 aliphatic rings. The molecule has 4 nitrogen and oxygen atoms in total. The van der Waals surface area contributed by atoms with Crippen LogP contribution in [0.5, 0.6) is 0 Å². The zero-order chi connectivity index (χ0) is 9.73. The van der Waals surface area contributed by atoms with E-state index in [2.05, 4.69) is 15.3 Å². The first-order chi connectivity index (χ1) is 6.14. The van der Waals surface area contributed by atoms with E-state index in [0.717, 1.165) is 0 Å². The van der Waals surface area contributed by atoms with E-state index in [4.69, 9.17) is 5.11 Å². The number of hydrogen-bond donors (Lipinski definition) is 2. The van der Waals surface area contributed by atoms with Gasteiger partial charge in [0.25, 0.3) is 0 Å². The van der Waals surface area contributed by atoms with Crippen molar-refractivity contribution in [3.63, 3.8) is 0 Å². The molecule has 0 fully saturated rings. The highest BCUT2D eigenvalue weighted by molar-refractivity contribution is 5.26. The van der Waals surface area contributed by atoms with E-state index in [-0.39, 0.29) is 12.1 Å². The molecule has 2 N–H and O–H groups in total. The molecule has 0 aliphatic heterocycles. The van der Waals surface area contributed by atoms with Gasteiger partial charge >= 0.3 is 0 Å². The van der Waals surface area contributed by atoms with Crippen molar-refractivity contribution in [2.75, 3.05) is 11.9 Å². The second kappa shape index (κ2) is 4.18. The van der Waals surface area contributed by atoms with Gasteiger partial charge in [0.15, 0.2) is 0 Å². The molecule has 1 heterocycles. The second-order valence-corrected chi connectivity index (χ2v) is 3.55. The highest BCUT2D eigenvalue weighted by Crippen LogP contribution is 2.13. The first-order valence-electron chi connectivity index (χ1n) is 4.30. The normalized spacial score (nSPS) is 11.3. The van der Waals surface area contributed by atoms with Gasteiger partial charge in [-0.2, -0.15) is 0 Å². The van der Waals surface area contributed by atoms with E-state index in [0.29, 0.717) is 12.4 Å². The summed E-state index contributed by atoms with van der Waals surface area (Å²) in [6.07, 6.45) is 4.04. The lowest BCUT2D eigenvalue weighted by atomic mass is 10.0. The summed E-state index contributed by atoms with van der Waals surface area (Å²) in [5.41, 5.74) is -0.171. The van der Waals surface area contributed by atoms with Crippen LogP contribution in [0.15, 0.2) is 18.5 Å². The van der Waals surface area contributed by atoms with Crippen molar-refractivity contribution in [3.05, 3.63) is 18.5 Å². The van der Waals surface area contributed by atoms with Crippen LogP contribution in [0, 0.1) is 0 Å². The maximum atomic E-state index is 8.80. The summed E-state index contributed by atoms with van der Waals surface area (Å²) in [4.78, 5) is 8.08. The standard InChI is InChI=1S/C9H15N3O/c1-9(2,4-7-13)12-8-10-5-3-6-11-8/h3,5-6,13H,4,7H2,1-2H3,(H,10,11,12). The van der Waals surface area contributed by atoms with E-state index < -0.39 is 0 Å². The molecule has 0 aliphatic carbocycles. The predicted molar refractivity (Wildman–Crippen MR) is 51.4 cm³/mol. The molecule has 0 spiro atoms. The lowest BCUT2D eigenvalue weighted by Gasteiger charge is -2.24. The van der Waals surface area contributed by atoms with Crippen LogP contribution in [-0.2, 0) is 0 Å². The topological polar surface area (TPSA) is 58.0 Å². The van der Waals surface area contributed by atoms with E-state index in [1.807, 2.05) is 13.8 Å². The number of aliphatic hydroxyl groups excluding tert-OH is 1. The van der Waals surface area contributed by atoms with E-state index in [9.17, 15) is 0 Å². The van der Waals surface area contributed by atoms with Gasteiger partial charge in [0, 0.05) is 24.5 Å². The molecule has 1 rings (SSSR count). The minimum atomic E-state index is -0.171. The highest BCUT2D eigenvalue weighted by Gasteiger charge is 2.17. The van der Waals surface area contributed by atoms with Crippen LogP contribution in [-0.4, -0.2) is 27.2 Å². The molecule has 4 heteroatoms. The molecular weight excluding hydrogens is 166 g/mol. The molecular formula is C9H15N3O. The molecule has 0 radical (unpaired) electrons. The first kappa shape index (κ1) is 9.92. The van der Waals surface area contributed by atoms with Crippen LogP contribution < -0.4 is 5.32 Å². The Balaban J connectivity index is 2.58. The fourth-order valence-electron chi connectivity index (χ4n) is 1.01. The summed E-state index contributed by atoms with van der Waals surface area (Å²) >= 11 is 0. The molecule has 0 atom stereocenters. The Morgan fingerprint density at radius 1 is 1.38 bits per heavy atom. The number of aliphatic hydroxyl groups is 1. The third kappa shape index (κ3) is 3.38.